The Hall–Kier alpha value is -2.66. The van der Waals surface area contributed by atoms with Crippen LogP contribution in [0.25, 0.3) is 0 Å². The molecule has 1 aromatic heterocycles. The molecule has 3 heterocycles. The summed E-state index contributed by atoms with van der Waals surface area (Å²) in [6.07, 6.45) is 3.22. The molecule has 144 valence electrons. The van der Waals surface area contributed by atoms with Crippen LogP contribution in [-0.2, 0) is 4.79 Å². The van der Waals surface area contributed by atoms with E-state index in [0.717, 1.165) is 35.8 Å². The zero-order chi connectivity index (χ0) is 19.8. The molecule has 1 saturated heterocycles. The lowest BCUT2D eigenvalue weighted by Crippen LogP contribution is -2.42. The van der Waals surface area contributed by atoms with Crippen LogP contribution in [0.3, 0.4) is 0 Å². The highest BCUT2D eigenvalue weighted by Crippen LogP contribution is 2.38. The molecule has 3 atom stereocenters. The molecule has 2 N–H and O–H groups in total. The molecule has 28 heavy (non-hydrogen) atoms. The van der Waals surface area contributed by atoms with Crippen molar-refractivity contribution in [2.75, 3.05) is 16.8 Å². The van der Waals surface area contributed by atoms with Crippen LogP contribution in [0, 0.1) is 17.2 Å². The van der Waals surface area contributed by atoms with Crippen LogP contribution in [0.2, 0.25) is 0 Å². The fourth-order valence-corrected chi connectivity index (χ4v) is 4.34. The largest absolute Gasteiger partial charge is 0.340 e. The van der Waals surface area contributed by atoms with Gasteiger partial charge in [-0.05, 0) is 43.9 Å². The Balaban J connectivity index is 1.84. The summed E-state index contributed by atoms with van der Waals surface area (Å²) in [4.78, 5) is 35.2. The van der Waals surface area contributed by atoms with Gasteiger partial charge < -0.3 is 10.2 Å². The molecule has 8 heteroatoms. The molecule has 3 unspecified atom stereocenters. The fraction of sp³-hybridized carbons (Fsp3) is 0.400. The first-order chi connectivity index (χ1) is 13.5. The maximum atomic E-state index is 13.1. The number of carbonyl (C=O) groups excluding carboxylic acids is 1. The van der Waals surface area contributed by atoms with Gasteiger partial charge in [0.1, 0.15) is 11.7 Å². The Labute approximate surface area is 170 Å². The molecule has 0 spiro atoms. The summed E-state index contributed by atoms with van der Waals surface area (Å²) in [6, 6.07) is 9.63. The number of fused-ring (bicyclic) bond motifs is 1. The van der Waals surface area contributed by atoms with Crippen molar-refractivity contribution < 1.29 is 4.79 Å². The highest BCUT2D eigenvalue weighted by Gasteiger charge is 2.40. The number of aromatic amines is 1. The van der Waals surface area contributed by atoms with Crippen LogP contribution < -0.4 is 15.8 Å². The average Bonchev–Trinajstić information content (AvgIpc) is 2.68. The third-order valence-corrected chi connectivity index (χ3v) is 6.08. The van der Waals surface area contributed by atoms with E-state index < -0.39 is 17.7 Å². The Morgan fingerprint density at radius 2 is 2.00 bits per heavy atom. The molecule has 2 aliphatic rings. The molecule has 2 aromatic rings. The molecule has 1 fully saturated rings. The van der Waals surface area contributed by atoms with Gasteiger partial charge in [0.15, 0.2) is 0 Å². The van der Waals surface area contributed by atoms with E-state index in [1.807, 2.05) is 24.3 Å². The average molecular weight is 442 g/mol. The number of nitriles is 1. The highest BCUT2D eigenvalue weighted by atomic mass is 79.9. The number of hydrogen-bond donors (Lipinski definition) is 2. The minimum absolute atomic E-state index is 0.251. The number of H-pyrrole nitrogens is 1. The number of aromatic nitrogens is 2. The van der Waals surface area contributed by atoms with Gasteiger partial charge in [-0.1, -0.05) is 28.1 Å². The van der Waals surface area contributed by atoms with Gasteiger partial charge in [0.2, 0.25) is 11.9 Å². The van der Waals surface area contributed by atoms with Crippen molar-refractivity contribution in [3.63, 3.8) is 0 Å². The Morgan fingerprint density at radius 1 is 1.25 bits per heavy atom. The number of halogens is 1. The number of amides is 1. The summed E-state index contributed by atoms with van der Waals surface area (Å²) >= 11 is 3.39. The van der Waals surface area contributed by atoms with E-state index in [0.29, 0.717) is 11.5 Å². The zero-order valence-corrected chi connectivity index (χ0v) is 17.0. The van der Waals surface area contributed by atoms with E-state index in [4.69, 9.17) is 0 Å². The summed E-state index contributed by atoms with van der Waals surface area (Å²) in [5, 5.41) is 12.3. The normalized spacial score (nSPS) is 24.2. The number of nitrogens with zero attached hydrogens (tertiary/aromatic N) is 3. The smallest absolute Gasteiger partial charge is 0.258 e. The first kappa shape index (κ1) is 18.7. The first-order valence-electron chi connectivity index (χ1n) is 9.36. The molecule has 0 saturated carbocycles. The summed E-state index contributed by atoms with van der Waals surface area (Å²) in [6.45, 7) is 2.92. The maximum Gasteiger partial charge on any atom is 0.258 e. The summed E-state index contributed by atoms with van der Waals surface area (Å²) in [7, 11) is 0. The molecule has 7 nitrogen and oxygen atoms in total. The third kappa shape index (κ3) is 3.20. The van der Waals surface area contributed by atoms with Crippen molar-refractivity contribution >= 4 is 33.6 Å². The van der Waals surface area contributed by atoms with Crippen LogP contribution in [-0.4, -0.2) is 28.5 Å². The van der Waals surface area contributed by atoms with Crippen LogP contribution in [0.1, 0.15) is 43.2 Å². The zero-order valence-electron chi connectivity index (χ0n) is 15.4. The number of nitrogens with one attached hydrogen (secondary N) is 2. The second-order valence-electron chi connectivity index (χ2n) is 7.32. The van der Waals surface area contributed by atoms with E-state index in [-0.39, 0.29) is 17.4 Å². The number of benzene rings is 1. The number of anilines is 2. The predicted octanol–water partition coefficient (Wildman–Crippen LogP) is 3.13. The fourth-order valence-electron chi connectivity index (χ4n) is 4.08. The number of hydrogen-bond acceptors (Lipinski definition) is 5. The maximum absolute atomic E-state index is 13.1. The Bertz CT molecular complexity index is 1010. The van der Waals surface area contributed by atoms with Crippen LogP contribution in [0.5, 0.6) is 0 Å². The van der Waals surface area contributed by atoms with Crippen molar-refractivity contribution in [3.05, 3.63) is 50.2 Å². The lowest BCUT2D eigenvalue weighted by Gasteiger charge is -2.35. The molecule has 2 aliphatic heterocycles. The molecular weight excluding hydrogens is 422 g/mol. The molecule has 0 aliphatic carbocycles. The summed E-state index contributed by atoms with van der Waals surface area (Å²) in [5.41, 5.74) is 0.755. The molecular formula is C20H20BrN5O2. The Morgan fingerprint density at radius 3 is 2.68 bits per heavy atom. The molecule has 1 amide bonds. The summed E-state index contributed by atoms with van der Waals surface area (Å²) in [5.74, 6) is -1.36. The number of carbonyl (C=O) groups is 1. The molecule has 1 aromatic carbocycles. The van der Waals surface area contributed by atoms with Crippen molar-refractivity contribution in [1.82, 2.24) is 9.97 Å². The predicted molar refractivity (Wildman–Crippen MR) is 109 cm³/mol. The summed E-state index contributed by atoms with van der Waals surface area (Å²) < 4.78 is 0.881. The van der Waals surface area contributed by atoms with Gasteiger partial charge >= 0.3 is 0 Å². The molecule has 0 bridgehead atoms. The van der Waals surface area contributed by atoms with E-state index in [1.54, 1.807) is 0 Å². The monoisotopic (exact) mass is 441 g/mol. The lowest BCUT2D eigenvalue weighted by atomic mass is 9.79. The quantitative estimate of drug-likeness (QED) is 0.744. The second-order valence-corrected chi connectivity index (χ2v) is 8.23. The number of rotatable bonds is 2. The second kappa shape index (κ2) is 7.40. The van der Waals surface area contributed by atoms with E-state index in [2.05, 4.69) is 49.1 Å². The van der Waals surface area contributed by atoms with Gasteiger partial charge in [0.05, 0.1) is 11.6 Å². The van der Waals surface area contributed by atoms with Crippen LogP contribution >= 0.6 is 15.9 Å². The van der Waals surface area contributed by atoms with Gasteiger partial charge in [-0.15, -0.1) is 0 Å². The SMILES string of the molecule is CC1CCCCN1c1nc2c(c(=O)[nH]1)C(c1ccc(Br)cc1)C(C#N)C(=O)N2. The first-order valence-corrected chi connectivity index (χ1v) is 10.2. The highest BCUT2D eigenvalue weighted by molar-refractivity contribution is 9.10. The van der Waals surface area contributed by atoms with Gasteiger partial charge in [0.25, 0.3) is 5.56 Å². The Kier molecular flexibility index (Phi) is 4.94. The van der Waals surface area contributed by atoms with Crippen molar-refractivity contribution in [1.29, 1.82) is 5.26 Å². The van der Waals surface area contributed by atoms with Gasteiger partial charge in [0, 0.05) is 23.0 Å². The van der Waals surface area contributed by atoms with Crippen molar-refractivity contribution in [2.24, 2.45) is 5.92 Å². The van der Waals surface area contributed by atoms with E-state index >= 15 is 0 Å². The standard InChI is InChI=1S/C20H20BrN5O2/c1-11-4-2-3-9-26(11)20-24-17-16(19(28)25-20)15(14(10-22)18(27)23-17)12-5-7-13(21)8-6-12/h5-8,11,14-15H,2-4,9H2,1H3,(H2,23,24,25,27,28). The van der Waals surface area contributed by atoms with Crippen molar-refractivity contribution in [3.8, 4) is 6.07 Å². The molecule has 4 rings (SSSR count). The third-order valence-electron chi connectivity index (χ3n) is 5.55. The van der Waals surface area contributed by atoms with Gasteiger partial charge in [-0.25, -0.2) is 0 Å². The van der Waals surface area contributed by atoms with E-state index in [1.165, 1.54) is 0 Å². The van der Waals surface area contributed by atoms with Gasteiger partial charge in [-0.2, -0.15) is 10.2 Å². The van der Waals surface area contributed by atoms with Gasteiger partial charge in [-0.3, -0.25) is 14.6 Å². The lowest BCUT2D eigenvalue weighted by molar-refractivity contribution is -0.119. The minimum atomic E-state index is -0.990. The van der Waals surface area contributed by atoms with E-state index in [9.17, 15) is 14.9 Å². The number of piperidine rings is 1. The molecule has 0 radical (unpaired) electrons. The van der Waals surface area contributed by atoms with Crippen LogP contribution in [0.4, 0.5) is 11.8 Å². The van der Waals surface area contributed by atoms with Crippen molar-refractivity contribution in [2.45, 2.75) is 38.1 Å². The topological polar surface area (TPSA) is 102 Å². The van der Waals surface area contributed by atoms with Crippen LogP contribution in [0.15, 0.2) is 33.5 Å². The minimum Gasteiger partial charge on any atom is -0.340 e.